The molecule has 86 valence electrons. The number of nitrogens with one attached hydrogen (secondary N) is 1. The van der Waals surface area contributed by atoms with Gasteiger partial charge in [-0.3, -0.25) is 0 Å². The third-order valence-electron chi connectivity index (χ3n) is 2.09. The van der Waals surface area contributed by atoms with Crippen LogP contribution in [0.2, 0.25) is 0 Å². The Hall–Kier alpha value is -1.29. The minimum Gasteiger partial charge on any atom is -0.492 e. The predicted molar refractivity (Wildman–Crippen MR) is 69.5 cm³/mol. The van der Waals surface area contributed by atoms with E-state index in [9.17, 15) is 0 Å². The molecule has 2 rings (SSSR count). The van der Waals surface area contributed by atoms with Crippen LogP contribution in [-0.4, -0.2) is 17.6 Å². The van der Waals surface area contributed by atoms with Crippen LogP contribution in [0.4, 0.5) is 5.13 Å². The van der Waals surface area contributed by atoms with Crippen molar-refractivity contribution in [3.05, 3.63) is 18.2 Å². The van der Waals surface area contributed by atoms with E-state index in [1.165, 1.54) is 0 Å². The zero-order valence-electron chi connectivity index (χ0n) is 9.78. The molecule has 1 N–H and O–H groups in total. The van der Waals surface area contributed by atoms with Crippen LogP contribution in [0.25, 0.3) is 10.2 Å². The molecule has 1 heterocycles. The molecule has 16 heavy (non-hydrogen) atoms. The van der Waals surface area contributed by atoms with Gasteiger partial charge in [0, 0.05) is 6.04 Å². The number of benzene rings is 1. The first-order valence-corrected chi connectivity index (χ1v) is 6.31. The van der Waals surface area contributed by atoms with E-state index in [-0.39, 0.29) is 0 Å². The number of para-hydroxylation sites is 1. The van der Waals surface area contributed by atoms with Gasteiger partial charge in [0.25, 0.3) is 0 Å². The fourth-order valence-electron chi connectivity index (χ4n) is 1.50. The van der Waals surface area contributed by atoms with Crippen molar-refractivity contribution in [2.45, 2.75) is 26.8 Å². The number of anilines is 1. The molecule has 0 unspecified atom stereocenters. The molecule has 0 radical (unpaired) electrons. The topological polar surface area (TPSA) is 34.1 Å². The SMILES string of the molecule is CCOc1cccc2sc(NC(C)C)nc12. The number of thiazole rings is 1. The maximum Gasteiger partial charge on any atom is 0.184 e. The third kappa shape index (κ3) is 2.27. The maximum atomic E-state index is 5.55. The lowest BCUT2D eigenvalue weighted by atomic mass is 10.3. The molecule has 0 aliphatic carbocycles. The van der Waals surface area contributed by atoms with Crippen molar-refractivity contribution in [3.63, 3.8) is 0 Å². The molecular formula is C12H16N2OS. The first kappa shape index (κ1) is 11.2. The van der Waals surface area contributed by atoms with Crippen LogP contribution in [0.5, 0.6) is 5.75 Å². The van der Waals surface area contributed by atoms with Gasteiger partial charge >= 0.3 is 0 Å². The van der Waals surface area contributed by atoms with Crippen LogP contribution in [0.3, 0.4) is 0 Å². The minimum absolute atomic E-state index is 0.399. The summed E-state index contributed by atoms with van der Waals surface area (Å²) in [7, 11) is 0. The van der Waals surface area contributed by atoms with Crippen molar-refractivity contribution in [2.24, 2.45) is 0 Å². The number of fused-ring (bicyclic) bond motifs is 1. The second-order valence-electron chi connectivity index (χ2n) is 3.85. The highest BCUT2D eigenvalue weighted by Gasteiger charge is 2.08. The maximum absolute atomic E-state index is 5.55. The van der Waals surface area contributed by atoms with E-state index in [1.54, 1.807) is 11.3 Å². The monoisotopic (exact) mass is 236 g/mol. The van der Waals surface area contributed by atoms with E-state index < -0.39 is 0 Å². The molecular weight excluding hydrogens is 220 g/mol. The van der Waals surface area contributed by atoms with E-state index in [0.717, 1.165) is 21.1 Å². The van der Waals surface area contributed by atoms with Crippen molar-refractivity contribution in [1.29, 1.82) is 0 Å². The molecule has 0 atom stereocenters. The van der Waals surface area contributed by atoms with Gasteiger partial charge in [-0.05, 0) is 32.9 Å². The number of nitrogens with zero attached hydrogens (tertiary/aromatic N) is 1. The zero-order valence-corrected chi connectivity index (χ0v) is 10.6. The molecule has 0 aliphatic rings. The van der Waals surface area contributed by atoms with E-state index >= 15 is 0 Å². The Kier molecular flexibility index (Phi) is 3.29. The Bertz CT molecular complexity index is 479. The number of aromatic nitrogens is 1. The highest BCUT2D eigenvalue weighted by molar-refractivity contribution is 7.22. The van der Waals surface area contributed by atoms with E-state index in [4.69, 9.17) is 4.74 Å². The summed E-state index contributed by atoms with van der Waals surface area (Å²) in [6.07, 6.45) is 0. The summed E-state index contributed by atoms with van der Waals surface area (Å²) in [5.74, 6) is 0.869. The average molecular weight is 236 g/mol. The Labute approximate surface area is 99.5 Å². The van der Waals surface area contributed by atoms with Gasteiger partial charge in [0.1, 0.15) is 11.3 Å². The quantitative estimate of drug-likeness (QED) is 0.882. The van der Waals surface area contributed by atoms with Crippen molar-refractivity contribution >= 4 is 26.7 Å². The molecule has 1 aromatic carbocycles. The molecule has 4 heteroatoms. The highest BCUT2D eigenvalue weighted by atomic mass is 32.1. The number of ether oxygens (including phenoxy) is 1. The fraction of sp³-hybridized carbons (Fsp3) is 0.417. The fourth-order valence-corrected chi connectivity index (χ4v) is 2.53. The van der Waals surface area contributed by atoms with Gasteiger partial charge in [0.05, 0.1) is 11.3 Å². The molecule has 1 aromatic heterocycles. The highest BCUT2D eigenvalue weighted by Crippen LogP contribution is 2.32. The second kappa shape index (κ2) is 4.70. The van der Waals surface area contributed by atoms with Crippen molar-refractivity contribution in [2.75, 3.05) is 11.9 Å². The molecule has 0 spiro atoms. The van der Waals surface area contributed by atoms with Crippen molar-refractivity contribution in [3.8, 4) is 5.75 Å². The summed E-state index contributed by atoms with van der Waals surface area (Å²) >= 11 is 1.66. The Morgan fingerprint density at radius 1 is 1.44 bits per heavy atom. The van der Waals surface area contributed by atoms with Gasteiger partial charge < -0.3 is 10.1 Å². The lowest BCUT2D eigenvalue weighted by Crippen LogP contribution is -2.08. The number of rotatable bonds is 4. The van der Waals surface area contributed by atoms with Gasteiger partial charge in [-0.15, -0.1) is 0 Å². The molecule has 0 amide bonds. The van der Waals surface area contributed by atoms with E-state index in [2.05, 4.69) is 30.2 Å². The smallest absolute Gasteiger partial charge is 0.184 e. The molecule has 0 aliphatic heterocycles. The third-order valence-corrected chi connectivity index (χ3v) is 3.05. The summed E-state index contributed by atoms with van der Waals surface area (Å²) in [4.78, 5) is 4.55. The second-order valence-corrected chi connectivity index (χ2v) is 4.88. The summed E-state index contributed by atoms with van der Waals surface area (Å²) in [5.41, 5.74) is 0.956. The normalized spacial score (nSPS) is 11.0. The van der Waals surface area contributed by atoms with Gasteiger partial charge in [-0.25, -0.2) is 4.98 Å². The Morgan fingerprint density at radius 3 is 2.94 bits per heavy atom. The number of hydrogen-bond acceptors (Lipinski definition) is 4. The summed E-state index contributed by atoms with van der Waals surface area (Å²) in [5, 5.41) is 4.27. The average Bonchev–Trinajstić information content (AvgIpc) is 2.60. The first-order chi connectivity index (χ1) is 7.70. The first-order valence-electron chi connectivity index (χ1n) is 5.49. The van der Waals surface area contributed by atoms with Crippen LogP contribution >= 0.6 is 11.3 Å². The van der Waals surface area contributed by atoms with Crippen molar-refractivity contribution in [1.82, 2.24) is 4.98 Å². The standard InChI is InChI=1S/C12H16N2OS/c1-4-15-9-6-5-7-10-11(9)14-12(16-10)13-8(2)3/h5-8H,4H2,1-3H3,(H,13,14). The van der Waals surface area contributed by atoms with Gasteiger partial charge in [-0.1, -0.05) is 17.4 Å². The van der Waals surface area contributed by atoms with Crippen molar-refractivity contribution < 1.29 is 4.74 Å². The lowest BCUT2D eigenvalue weighted by molar-refractivity contribution is 0.344. The van der Waals surface area contributed by atoms with Gasteiger partial charge in [0.15, 0.2) is 5.13 Å². The largest absolute Gasteiger partial charge is 0.492 e. The predicted octanol–water partition coefficient (Wildman–Crippen LogP) is 3.52. The molecule has 0 fully saturated rings. The Balaban J connectivity index is 2.40. The van der Waals surface area contributed by atoms with E-state index in [1.807, 2.05) is 19.1 Å². The zero-order chi connectivity index (χ0) is 11.5. The minimum atomic E-state index is 0.399. The molecule has 0 saturated heterocycles. The van der Waals surface area contributed by atoms with Crippen LogP contribution in [0, 0.1) is 0 Å². The molecule has 2 aromatic rings. The lowest BCUT2D eigenvalue weighted by Gasteiger charge is -2.04. The van der Waals surface area contributed by atoms with Gasteiger partial charge in [0.2, 0.25) is 0 Å². The Morgan fingerprint density at radius 2 is 2.25 bits per heavy atom. The van der Waals surface area contributed by atoms with Crippen LogP contribution in [0.1, 0.15) is 20.8 Å². The van der Waals surface area contributed by atoms with Crippen LogP contribution in [-0.2, 0) is 0 Å². The summed E-state index contributed by atoms with van der Waals surface area (Å²) < 4.78 is 6.72. The van der Waals surface area contributed by atoms with Gasteiger partial charge in [-0.2, -0.15) is 0 Å². The molecule has 3 nitrogen and oxygen atoms in total. The summed E-state index contributed by atoms with van der Waals surface area (Å²) in [6.45, 7) is 6.87. The molecule has 0 bridgehead atoms. The summed E-state index contributed by atoms with van der Waals surface area (Å²) in [6, 6.07) is 6.44. The molecule has 0 saturated carbocycles. The number of hydrogen-bond donors (Lipinski definition) is 1. The van der Waals surface area contributed by atoms with E-state index in [0.29, 0.717) is 12.6 Å². The van der Waals surface area contributed by atoms with Crippen LogP contribution in [0.15, 0.2) is 18.2 Å². The van der Waals surface area contributed by atoms with Crippen LogP contribution < -0.4 is 10.1 Å².